The summed E-state index contributed by atoms with van der Waals surface area (Å²) >= 11 is 0. The molecule has 1 nitrogen and oxygen atoms in total. The summed E-state index contributed by atoms with van der Waals surface area (Å²) in [6.45, 7) is 2.74. The summed E-state index contributed by atoms with van der Waals surface area (Å²) in [5.41, 5.74) is 0.173. The molecule has 16 heavy (non-hydrogen) atoms. The van der Waals surface area contributed by atoms with Crippen LogP contribution in [0.4, 0.5) is 13.2 Å². The Kier molecular flexibility index (Phi) is 4.35. The molecule has 1 aromatic rings. The minimum Gasteiger partial charge on any atom is -0.320 e. The molecule has 0 spiro atoms. The van der Waals surface area contributed by atoms with E-state index in [1.165, 1.54) is 12.1 Å². The van der Waals surface area contributed by atoms with Crippen LogP contribution in [0.1, 0.15) is 30.4 Å². The zero-order valence-electron chi connectivity index (χ0n) is 9.43. The van der Waals surface area contributed by atoms with Crippen LogP contribution in [0.5, 0.6) is 0 Å². The molecule has 1 rings (SSSR count). The number of alkyl halides is 3. The van der Waals surface area contributed by atoms with Gasteiger partial charge in [-0.05, 0) is 37.6 Å². The van der Waals surface area contributed by atoms with E-state index in [-0.39, 0.29) is 5.92 Å². The second-order valence-corrected chi connectivity index (χ2v) is 3.92. The maximum Gasteiger partial charge on any atom is 0.416 e. The SMILES string of the molecule is CNCCC(C)c1cccc(C(F)(F)F)c1. The molecule has 4 heteroatoms. The van der Waals surface area contributed by atoms with Crippen molar-refractivity contribution in [3.8, 4) is 0 Å². The number of hydrogen-bond acceptors (Lipinski definition) is 1. The van der Waals surface area contributed by atoms with E-state index in [4.69, 9.17) is 0 Å². The third kappa shape index (κ3) is 3.52. The van der Waals surface area contributed by atoms with Crippen LogP contribution in [0, 0.1) is 0 Å². The van der Waals surface area contributed by atoms with Gasteiger partial charge in [0, 0.05) is 0 Å². The van der Waals surface area contributed by atoms with Gasteiger partial charge in [-0.25, -0.2) is 0 Å². The molecule has 1 atom stereocenters. The summed E-state index contributed by atoms with van der Waals surface area (Å²) in [5.74, 6) is 0.134. The van der Waals surface area contributed by atoms with Crippen molar-refractivity contribution < 1.29 is 13.2 Å². The van der Waals surface area contributed by atoms with Crippen LogP contribution < -0.4 is 5.32 Å². The van der Waals surface area contributed by atoms with E-state index in [0.717, 1.165) is 24.6 Å². The minimum absolute atomic E-state index is 0.134. The van der Waals surface area contributed by atoms with Crippen molar-refractivity contribution in [3.05, 3.63) is 35.4 Å². The largest absolute Gasteiger partial charge is 0.416 e. The highest BCUT2D eigenvalue weighted by Crippen LogP contribution is 2.31. The molecule has 0 aliphatic rings. The molecular weight excluding hydrogens is 215 g/mol. The van der Waals surface area contributed by atoms with E-state index >= 15 is 0 Å². The highest BCUT2D eigenvalue weighted by molar-refractivity contribution is 5.27. The highest BCUT2D eigenvalue weighted by Gasteiger charge is 2.30. The van der Waals surface area contributed by atoms with Crippen LogP contribution in [-0.4, -0.2) is 13.6 Å². The lowest BCUT2D eigenvalue weighted by Crippen LogP contribution is -2.11. The molecule has 0 fully saturated rings. The minimum atomic E-state index is -4.25. The molecule has 0 aromatic heterocycles. The second kappa shape index (κ2) is 5.34. The Morgan fingerprint density at radius 1 is 1.31 bits per heavy atom. The van der Waals surface area contributed by atoms with Gasteiger partial charge < -0.3 is 5.32 Å². The van der Waals surface area contributed by atoms with E-state index in [0.29, 0.717) is 0 Å². The lowest BCUT2D eigenvalue weighted by Gasteiger charge is -2.14. The molecule has 0 saturated carbocycles. The fourth-order valence-electron chi connectivity index (χ4n) is 1.55. The molecule has 90 valence electrons. The summed E-state index contributed by atoms with van der Waals surface area (Å²) in [4.78, 5) is 0. The molecule has 0 aliphatic heterocycles. The van der Waals surface area contributed by atoms with Gasteiger partial charge in [0.05, 0.1) is 5.56 Å². The van der Waals surface area contributed by atoms with Gasteiger partial charge in [-0.1, -0.05) is 25.1 Å². The van der Waals surface area contributed by atoms with Gasteiger partial charge in [0.25, 0.3) is 0 Å². The van der Waals surface area contributed by atoms with Crippen molar-refractivity contribution in [1.82, 2.24) is 5.32 Å². The Morgan fingerprint density at radius 3 is 2.56 bits per heavy atom. The topological polar surface area (TPSA) is 12.0 Å². The van der Waals surface area contributed by atoms with Gasteiger partial charge >= 0.3 is 6.18 Å². The standard InChI is InChI=1S/C12H16F3N/c1-9(6-7-16-2)10-4-3-5-11(8-10)12(13,14)15/h3-5,8-9,16H,6-7H2,1-2H3. The number of hydrogen-bond donors (Lipinski definition) is 1. The quantitative estimate of drug-likeness (QED) is 0.837. The summed E-state index contributed by atoms with van der Waals surface area (Å²) < 4.78 is 37.4. The maximum atomic E-state index is 12.5. The second-order valence-electron chi connectivity index (χ2n) is 3.92. The average Bonchev–Trinajstić information content (AvgIpc) is 2.25. The van der Waals surface area contributed by atoms with Crippen molar-refractivity contribution in [2.24, 2.45) is 0 Å². The van der Waals surface area contributed by atoms with Crippen LogP contribution in [0.15, 0.2) is 24.3 Å². The number of nitrogens with one attached hydrogen (secondary N) is 1. The predicted molar refractivity (Wildman–Crippen MR) is 58.4 cm³/mol. The predicted octanol–water partition coefficient (Wildman–Crippen LogP) is 3.42. The van der Waals surface area contributed by atoms with Gasteiger partial charge in [-0.2, -0.15) is 13.2 Å². The van der Waals surface area contributed by atoms with Crippen molar-refractivity contribution >= 4 is 0 Å². The first-order valence-electron chi connectivity index (χ1n) is 5.27. The molecule has 0 saturated heterocycles. The monoisotopic (exact) mass is 231 g/mol. The fourth-order valence-corrected chi connectivity index (χ4v) is 1.55. The number of rotatable bonds is 4. The Hall–Kier alpha value is -1.03. The zero-order chi connectivity index (χ0) is 12.2. The zero-order valence-corrected chi connectivity index (χ0v) is 9.43. The van der Waals surface area contributed by atoms with Gasteiger partial charge in [0.2, 0.25) is 0 Å². The van der Waals surface area contributed by atoms with Crippen LogP contribution in [-0.2, 0) is 6.18 Å². The van der Waals surface area contributed by atoms with Gasteiger partial charge in [-0.15, -0.1) is 0 Å². The van der Waals surface area contributed by atoms with Crippen molar-refractivity contribution in [3.63, 3.8) is 0 Å². The average molecular weight is 231 g/mol. The van der Waals surface area contributed by atoms with E-state index in [1.807, 2.05) is 14.0 Å². The summed E-state index contributed by atoms with van der Waals surface area (Å²) in [7, 11) is 1.83. The molecule has 0 amide bonds. The van der Waals surface area contributed by atoms with Crippen LogP contribution in [0.3, 0.4) is 0 Å². The highest BCUT2D eigenvalue weighted by atomic mass is 19.4. The Morgan fingerprint density at radius 2 is 2.00 bits per heavy atom. The van der Waals surface area contributed by atoms with E-state index in [1.54, 1.807) is 6.07 Å². The van der Waals surface area contributed by atoms with Crippen LogP contribution >= 0.6 is 0 Å². The smallest absolute Gasteiger partial charge is 0.320 e. The number of halogens is 3. The Balaban J connectivity index is 2.82. The van der Waals surface area contributed by atoms with Gasteiger partial charge in [0.15, 0.2) is 0 Å². The molecule has 0 radical (unpaired) electrons. The third-order valence-electron chi connectivity index (χ3n) is 2.61. The molecule has 0 aliphatic carbocycles. The van der Waals surface area contributed by atoms with Gasteiger partial charge in [-0.3, -0.25) is 0 Å². The Bertz CT molecular complexity index is 333. The van der Waals surface area contributed by atoms with Crippen molar-refractivity contribution in [2.75, 3.05) is 13.6 Å². The molecule has 0 heterocycles. The van der Waals surface area contributed by atoms with Crippen molar-refractivity contribution in [1.29, 1.82) is 0 Å². The lowest BCUT2D eigenvalue weighted by molar-refractivity contribution is -0.137. The first-order chi connectivity index (χ1) is 7.45. The first kappa shape index (κ1) is 13.0. The fraction of sp³-hybridized carbons (Fsp3) is 0.500. The molecule has 1 aromatic carbocycles. The van der Waals surface area contributed by atoms with Gasteiger partial charge in [0.1, 0.15) is 0 Å². The molecule has 1 unspecified atom stereocenters. The van der Waals surface area contributed by atoms with Crippen LogP contribution in [0.2, 0.25) is 0 Å². The number of benzene rings is 1. The maximum absolute atomic E-state index is 12.5. The lowest BCUT2D eigenvalue weighted by atomic mass is 9.96. The summed E-state index contributed by atoms with van der Waals surface area (Å²) in [6.07, 6.45) is -3.42. The summed E-state index contributed by atoms with van der Waals surface area (Å²) in [6, 6.07) is 5.55. The van der Waals surface area contributed by atoms with Crippen LogP contribution in [0.25, 0.3) is 0 Å². The third-order valence-corrected chi connectivity index (χ3v) is 2.61. The first-order valence-corrected chi connectivity index (χ1v) is 5.27. The van der Waals surface area contributed by atoms with Crippen molar-refractivity contribution in [2.45, 2.75) is 25.4 Å². The summed E-state index contributed by atoms with van der Waals surface area (Å²) in [5, 5.41) is 2.99. The van der Waals surface area contributed by atoms with E-state index in [2.05, 4.69) is 5.32 Å². The molecule has 0 bridgehead atoms. The Labute approximate surface area is 93.7 Å². The normalized spacial score (nSPS) is 13.8. The van der Waals surface area contributed by atoms with E-state index < -0.39 is 11.7 Å². The van der Waals surface area contributed by atoms with E-state index in [9.17, 15) is 13.2 Å². The molecule has 1 N–H and O–H groups in total. The molecular formula is C12H16F3N.